The van der Waals surface area contributed by atoms with Crippen LogP contribution < -0.4 is 10.5 Å². The van der Waals surface area contributed by atoms with Crippen LogP contribution in [0.25, 0.3) is 0 Å². The van der Waals surface area contributed by atoms with Crippen LogP contribution in [0.5, 0.6) is 5.75 Å². The minimum Gasteiger partial charge on any atom is -0.497 e. The molecular weight excluding hydrogens is 236 g/mol. The van der Waals surface area contributed by atoms with Crippen molar-refractivity contribution in [3.8, 4) is 17.6 Å². The minimum atomic E-state index is 0.234. The molecule has 3 heteroatoms. The number of nitrogens with two attached hydrogens (primary N) is 1. The molecule has 1 saturated heterocycles. The van der Waals surface area contributed by atoms with E-state index in [1.54, 1.807) is 7.11 Å². The molecule has 1 aromatic rings. The molecule has 0 saturated carbocycles. The molecule has 0 bridgehead atoms. The topological polar surface area (TPSA) is 38.5 Å². The Labute approximate surface area is 115 Å². The molecule has 0 spiro atoms. The molecule has 0 unspecified atom stereocenters. The maximum atomic E-state index is 6.12. The van der Waals surface area contributed by atoms with Gasteiger partial charge in [0.15, 0.2) is 0 Å². The van der Waals surface area contributed by atoms with Gasteiger partial charge in [-0.25, -0.2) is 0 Å². The number of nitrogens with zero attached hydrogens (tertiary/aromatic N) is 1. The Kier molecular flexibility index (Phi) is 4.84. The largest absolute Gasteiger partial charge is 0.497 e. The fourth-order valence-electron chi connectivity index (χ4n) is 2.66. The number of rotatable bonds is 3. The zero-order valence-electron chi connectivity index (χ0n) is 11.7. The quantitative estimate of drug-likeness (QED) is 0.841. The first-order valence-electron chi connectivity index (χ1n) is 6.74. The van der Waals surface area contributed by atoms with Gasteiger partial charge in [0, 0.05) is 31.6 Å². The first-order valence-corrected chi connectivity index (χ1v) is 6.74. The Bertz CT molecular complexity index is 458. The van der Waals surface area contributed by atoms with Gasteiger partial charge in [-0.05, 0) is 31.0 Å². The lowest BCUT2D eigenvalue weighted by Crippen LogP contribution is -2.46. The Morgan fingerprint density at radius 1 is 1.32 bits per heavy atom. The van der Waals surface area contributed by atoms with Crippen LogP contribution >= 0.6 is 0 Å². The van der Waals surface area contributed by atoms with E-state index in [4.69, 9.17) is 10.5 Å². The zero-order valence-corrected chi connectivity index (χ0v) is 11.7. The second kappa shape index (κ2) is 6.60. The molecule has 1 aromatic carbocycles. The van der Waals surface area contributed by atoms with Gasteiger partial charge in [0.1, 0.15) is 5.75 Å². The van der Waals surface area contributed by atoms with E-state index in [2.05, 4.69) is 28.9 Å². The molecule has 0 radical (unpaired) electrons. The summed E-state index contributed by atoms with van der Waals surface area (Å²) in [4.78, 5) is 2.39. The van der Waals surface area contributed by atoms with E-state index >= 15 is 0 Å². The summed E-state index contributed by atoms with van der Waals surface area (Å²) in [7, 11) is 1.69. The highest BCUT2D eigenvalue weighted by atomic mass is 16.5. The van der Waals surface area contributed by atoms with Crippen LogP contribution in [0, 0.1) is 17.8 Å². The van der Waals surface area contributed by atoms with Crippen molar-refractivity contribution in [2.75, 3.05) is 20.2 Å². The Hall–Kier alpha value is -1.50. The molecule has 102 valence electrons. The van der Waals surface area contributed by atoms with Gasteiger partial charge in [0.05, 0.1) is 7.11 Å². The van der Waals surface area contributed by atoms with E-state index in [-0.39, 0.29) is 6.04 Å². The molecule has 1 fully saturated rings. The standard InChI is InChI=1S/C16H22N2O/c1-3-4-14-9-15(17)12-18(11-14)10-13-5-7-16(19-2)8-6-13/h5-8,14-15H,9-12,17H2,1-2H3/t14-,15+/m1/s1. The summed E-state index contributed by atoms with van der Waals surface area (Å²) >= 11 is 0. The van der Waals surface area contributed by atoms with Gasteiger partial charge in [-0.1, -0.05) is 18.1 Å². The van der Waals surface area contributed by atoms with Crippen LogP contribution in [0.1, 0.15) is 18.9 Å². The number of hydrogen-bond donors (Lipinski definition) is 1. The fourth-order valence-corrected chi connectivity index (χ4v) is 2.66. The first kappa shape index (κ1) is 13.9. The van der Waals surface area contributed by atoms with Crippen LogP contribution in [-0.4, -0.2) is 31.1 Å². The lowest BCUT2D eigenvalue weighted by molar-refractivity contribution is 0.174. The highest BCUT2D eigenvalue weighted by Crippen LogP contribution is 2.19. The fraction of sp³-hybridized carbons (Fsp3) is 0.500. The number of ether oxygens (including phenoxy) is 1. The van der Waals surface area contributed by atoms with Gasteiger partial charge in [-0.2, -0.15) is 0 Å². The molecule has 2 atom stereocenters. The molecule has 1 heterocycles. The van der Waals surface area contributed by atoms with E-state index in [1.807, 2.05) is 19.1 Å². The third kappa shape index (κ3) is 3.99. The summed E-state index contributed by atoms with van der Waals surface area (Å²) in [5.74, 6) is 7.57. The van der Waals surface area contributed by atoms with Crippen LogP contribution in [0.15, 0.2) is 24.3 Å². The van der Waals surface area contributed by atoms with Crippen LogP contribution in [0.2, 0.25) is 0 Å². The van der Waals surface area contributed by atoms with Gasteiger partial charge >= 0.3 is 0 Å². The average molecular weight is 258 g/mol. The summed E-state index contributed by atoms with van der Waals surface area (Å²) in [5, 5.41) is 0. The van der Waals surface area contributed by atoms with E-state index in [9.17, 15) is 0 Å². The average Bonchev–Trinajstić information content (AvgIpc) is 2.39. The van der Waals surface area contributed by atoms with Crippen molar-refractivity contribution in [3.63, 3.8) is 0 Å². The van der Waals surface area contributed by atoms with Crippen molar-refractivity contribution in [2.45, 2.75) is 25.9 Å². The number of hydrogen-bond acceptors (Lipinski definition) is 3. The predicted molar refractivity (Wildman–Crippen MR) is 77.8 cm³/mol. The predicted octanol–water partition coefficient (Wildman–Crippen LogP) is 1.87. The van der Waals surface area contributed by atoms with Crippen LogP contribution in [0.3, 0.4) is 0 Å². The molecule has 0 aromatic heterocycles. The summed E-state index contributed by atoms with van der Waals surface area (Å²) in [5.41, 5.74) is 7.41. The van der Waals surface area contributed by atoms with E-state index < -0.39 is 0 Å². The maximum Gasteiger partial charge on any atom is 0.118 e. The highest BCUT2D eigenvalue weighted by Gasteiger charge is 2.23. The molecule has 3 nitrogen and oxygen atoms in total. The summed E-state index contributed by atoms with van der Waals surface area (Å²) in [6, 6.07) is 8.46. The Morgan fingerprint density at radius 2 is 2.05 bits per heavy atom. The van der Waals surface area contributed by atoms with Gasteiger partial charge in [-0.15, -0.1) is 5.92 Å². The monoisotopic (exact) mass is 258 g/mol. The van der Waals surface area contributed by atoms with E-state index in [0.717, 1.165) is 31.8 Å². The van der Waals surface area contributed by atoms with E-state index in [0.29, 0.717) is 5.92 Å². The molecule has 0 aliphatic carbocycles. The Balaban J connectivity index is 1.98. The summed E-state index contributed by atoms with van der Waals surface area (Å²) in [6.45, 7) is 4.79. The molecule has 0 amide bonds. The highest BCUT2D eigenvalue weighted by molar-refractivity contribution is 5.27. The van der Waals surface area contributed by atoms with Gasteiger partial charge in [-0.3, -0.25) is 4.90 Å². The van der Waals surface area contributed by atoms with Gasteiger partial charge in [0.25, 0.3) is 0 Å². The van der Waals surface area contributed by atoms with Gasteiger partial charge < -0.3 is 10.5 Å². The van der Waals surface area contributed by atoms with Crippen molar-refractivity contribution in [1.82, 2.24) is 4.90 Å². The second-order valence-electron chi connectivity index (χ2n) is 5.13. The number of piperidine rings is 1. The van der Waals surface area contributed by atoms with E-state index in [1.165, 1.54) is 5.56 Å². The molecule has 1 aliphatic rings. The van der Waals surface area contributed by atoms with Gasteiger partial charge in [0.2, 0.25) is 0 Å². The lowest BCUT2D eigenvalue weighted by Gasteiger charge is -2.34. The minimum absolute atomic E-state index is 0.234. The van der Waals surface area contributed by atoms with Crippen LogP contribution in [-0.2, 0) is 6.54 Å². The first-order chi connectivity index (χ1) is 9.21. The van der Waals surface area contributed by atoms with Crippen molar-refractivity contribution in [1.29, 1.82) is 0 Å². The normalized spacial score (nSPS) is 23.5. The molecule has 2 rings (SSSR count). The van der Waals surface area contributed by atoms with Crippen molar-refractivity contribution < 1.29 is 4.74 Å². The lowest BCUT2D eigenvalue weighted by atomic mass is 9.95. The number of methoxy groups -OCH3 is 1. The smallest absolute Gasteiger partial charge is 0.118 e. The summed E-state index contributed by atoms with van der Waals surface area (Å²) < 4.78 is 5.17. The van der Waals surface area contributed by atoms with Crippen molar-refractivity contribution in [2.24, 2.45) is 11.7 Å². The number of benzene rings is 1. The van der Waals surface area contributed by atoms with Crippen molar-refractivity contribution >= 4 is 0 Å². The third-order valence-electron chi connectivity index (χ3n) is 3.47. The van der Waals surface area contributed by atoms with Crippen molar-refractivity contribution in [3.05, 3.63) is 29.8 Å². The molecule has 1 aliphatic heterocycles. The maximum absolute atomic E-state index is 6.12. The summed E-state index contributed by atoms with van der Waals surface area (Å²) in [6.07, 6.45) is 1.01. The third-order valence-corrected chi connectivity index (χ3v) is 3.47. The second-order valence-corrected chi connectivity index (χ2v) is 5.13. The molecular formula is C16H22N2O. The SMILES string of the molecule is CC#C[C@@H]1C[C@H](N)CN(Cc2ccc(OC)cc2)C1. The molecule has 19 heavy (non-hydrogen) atoms. The van der Waals surface area contributed by atoms with Crippen LogP contribution in [0.4, 0.5) is 0 Å². The molecule has 2 N–H and O–H groups in total. The Morgan fingerprint density at radius 3 is 2.68 bits per heavy atom. The zero-order chi connectivity index (χ0) is 13.7. The number of likely N-dealkylation sites (tertiary alicyclic amines) is 1.